The molecule has 0 unspecified atom stereocenters. The van der Waals surface area contributed by atoms with E-state index in [-0.39, 0.29) is 11.4 Å². The Morgan fingerprint density at radius 1 is 1.12 bits per heavy atom. The number of nitrogens with zero attached hydrogens (tertiary/aromatic N) is 6. The molecule has 32 heavy (non-hydrogen) atoms. The van der Waals surface area contributed by atoms with Crippen molar-refractivity contribution in [1.82, 2.24) is 24.8 Å². The van der Waals surface area contributed by atoms with Crippen LogP contribution in [0.2, 0.25) is 0 Å². The van der Waals surface area contributed by atoms with E-state index in [0.717, 1.165) is 44.4 Å². The summed E-state index contributed by atoms with van der Waals surface area (Å²) >= 11 is 0. The van der Waals surface area contributed by atoms with Crippen molar-refractivity contribution in [2.45, 2.75) is 58.3 Å². The molecule has 1 aliphatic heterocycles. The van der Waals surface area contributed by atoms with Crippen LogP contribution in [0.1, 0.15) is 64.4 Å². The minimum atomic E-state index is -0.258. The SMILES string of the molecule is C[C@@H](COc1ccnc(O)n1)CN1CCN(c2cc(C3CCC3)nc(C(C)(C)C)n2)CC1. The second-order valence-electron chi connectivity index (χ2n) is 10.3. The topological polar surface area (TPSA) is 87.5 Å². The zero-order valence-electron chi connectivity index (χ0n) is 19.8. The third-order valence-electron chi connectivity index (χ3n) is 6.33. The van der Waals surface area contributed by atoms with E-state index in [9.17, 15) is 5.11 Å². The van der Waals surface area contributed by atoms with Crippen LogP contribution in [-0.2, 0) is 5.41 Å². The first kappa shape index (κ1) is 22.7. The van der Waals surface area contributed by atoms with Crippen LogP contribution in [0.4, 0.5) is 5.82 Å². The third kappa shape index (κ3) is 5.65. The van der Waals surface area contributed by atoms with Crippen molar-refractivity contribution < 1.29 is 9.84 Å². The lowest BCUT2D eigenvalue weighted by molar-refractivity contribution is 0.174. The Morgan fingerprint density at radius 3 is 2.50 bits per heavy atom. The molecular weight excluding hydrogens is 404 g/mol. The van der Waals surface area contributed by atoms with Crippen LogP contribution in [0.5, 0.6) is 11.9 Å². The van der Waals surface area contributed by atoms with Gasteiger partial charge in [0.15, 0.2) is 0 Å². The van der Waals surface area contributed by atoms with Crippen LogP contribution in [0.3, 0.4) is 0 Å². The highest BCUT2D eigenvalue weighted by Crippen LogP contribution is 2.37. The number of anilines is 1. The Hall–Kier alpha value is -2.48. The van der Waals surface area contributed by atoms with E-state index in [1.54, 1.807) is 6.07 Å². The number of ether oxygens (including phenoxy) is 1. The maximum absolute atomic E-state index is 9.36. The molecule has 4 rings (SSSR count). The Kier molecular flexibility index (Phi) is 6.79. The van der Waals surface area contributed by atoms with Crippen LogP contribution in [0.15, 0.2) is 18.3 Å². The highest BCUT2D eigenvalue weighted by atomic mass is 16.5. The van der Waals surface area contributed by atoms with Crippen molar-refractivity contribution in [3.63, 3.8) is 0 Å². The molecular formula is C24H36N6O2. The molecule has 2 aliphatic rings. The summed E-state index contributed by atoms with van der Waals surface area (Å²) in [6, 6.07) is 3.64. The molecule has 1 saturated carbocycles. The van der Waals surface area contributed by atoms with Crippen LogP contribution < -0.4 is 9.64 Å². The minimum absolute atomic E-state index is 0.0494. The number of hydrogen-bond acceptors (Lipinski definition) is 8. The van der Waals surface area contributed by atoms with Gasteiger partial charge >= 0.3 is 6.01 Å². The summed E-state index contributed by atoms with van der Waals surface area (Å²) < 4.78 is 5.71. The Balaban J connectivity index is 1.32. The molecule has 0 amide bonds. The van der Waals surface area contributed by atoms with E-state index < -0.39 is 0 Å². The average molecular weight is 441 g/mol. The number of aromatic nitrogens is 4. The lowest BCUT2D eigenvalue weighted by Crippen LogP contribution is -2.48. The molecule has 1 atom stereocenters. The molecule has 2 fully saturated rings. The average Bonchev–Trinajstić information content (AvgIpc) is 2.71. The van der Waals surface area contributed by atoms with Gasteiger partial charge in [-0.05, 0) is 12.8 Å². The van der Waals surface area contributed by atoms with Gasteiger partial charge in [0.05, 0.1) is 6.61 Å². The first-order valence-electron chi connectivity index (χ1n) is 11.8. The van der Waals surface area contributed by atoms with Gasteiger partial charge in [-0.2, -0.15) is 4.98 Å². The maximum Gasteiger partial charge on any atom is 0.317 e. The van der Waals surface area contributed by atoms with Crippen molar-refractivity contribution in [1.29, 1.82) is 0 Å². The standard InChI is InChI=1S/C24H36N6O2/c1-17(16-32-21-8-9-25-23(31)28-21)15-29-10-12-30(13-11-29)20-14-19(18-6-5-7-18)26-22(27-20)24(2,3)4/h8-9,14,17-18H,5-7,10-13,15-16H2,1-4H3,(H,25,28,31)/t17-/m1/s1. The van der Waals surface area contributed by atoms with E-state index in [2.05, 4.69) is 53.5 Å². The predicted molar refractivity (Wildman–Crippen MR) is 124 cm³/mol. The lowest BCUT2D eigenvalue weighted by atomic mass is 9.82. The molecule has 2 aromatic rings. The first-order valence-corrected chi connectivity index (χ1v) is 11.8. The van der Waals surface area contributed by atoms with Gasteiger partial charge in [-0.3, -0.25) is 4.90 Å². The third-order valence-corrected chi connectivity index (χ3v) is 6.33. The molecule has 1 saturated heterocycles. The molecule has 0 bridgehead atoms. The molecule has 8 heteroatoms. The fourth-order valence-corrected chi connectivity index (χ4v) is 4.16. The smallest absolute Gasteiger partial charge is 0.317 e. The van der Waals surface area contributed by atoms with Crippen LogP contribution in [-0.4, -0.2) is 69.3 Å². The number of hydrogen-bond donors (Lipinski definition) is 1. The second-order valence-corrected chi connectivity index (χ2v) is 10.3. The van der Waals surface area contributed by atoms with Gasteiger partial charge in [0, 0.05) is 74.0 Å². The molecule has 0 spiro atoms. The molecule has 1 aliphatic carbocycles. The summed E-state index contributed by atoms with van der Waals surface area (Å²) in [5.41, 5.74) is 1.18. The zero-order valence-corrected chi connectivity index (χ0v) is 19.8. The van der Waals surface area contributed by atoms with E-state index in [4.69, 9.17) is 14.7 Å². The van der Waals surface area contributed by atoms with Gasteiger partial charge in [-0.15, -0.1) is 0 Å². The van der Waals surface area contributed by atoms with Gasteiger partial charge < -0.3 is 14.7 Å². The summed E-state index contributed by atoms with van der Waals surface area (Å²) in [7, 11) is 0. The molecule has 0 aromatic carbocycles. The van der Waals surface area contributed by atoms with E-state index in [1.165, 1.54) is 31.2 Å². The Bertz CT molecular complexity index is 904. The van der Waals surface area contributed by atoms with E-state index in [0.29, 0.717) is 24.3 Å². The quantitative estimate of drug-likeness (QED) is 0.701. The highest BCUT2D eigenvalue weighted by molar-refractivity contribution is 5.42. The predicted octanol–water partition coefficient (Wildman–Crippen LogP) is 3.37. The fourth-order valence-electron chi connectivity index (χ4n) is 4.16. The molecule has 3 heterocycles. The summed E-state index contributed by atoms with van der Waals surface area (Å²) in [5.74, 6) is 3.43. The maximum atomic E-state index is 9.36. The number of piperazine rings is 1. The minimum Gasteiger partial charge on any atom is -0.479 e. The Morgan fingerprint density at radius 2 is 1.88 bits per heavy atom. The van der Waals surface area contributed by atoms with Gasteiger partial charge in [-0.1, -0.05) is 34.1 Å². The van der Waals surface area contributed by atoms with Crippen molar-refractivity contribution in [3.8, 4) is 11.9 Å². The van der Waals surface area contributed by atoms with Crippen LogP contribution >= 0.6 is 0 Å². The van der Waals surface area contributed by atoms with Crippen molar-refractivity contribution in [2.75, 3.05) is 44.2 Å². The van der Waals surface area contributed by atoms with Gasteiger partial charge in [0.25, 0.3) is 0 Å². The summed E-state index contributed by atoms with van der Waals surface area (Å²) in [6.45, 7) is 14.2. The number of rotatable bonds is 7. The summed E-state index contributed by atoms with van der Waals surface area (Å²) in [6.07, 6.45) is 5.31. The Labute approximate surface area is 191 Å². The van der Waals surface area contributed by atoms with Crippen molar-refractivity contribution >= 4 is 5.82 Å². The molecule has 1 N–H and O–H groups in total. The van der Waals surface area contributed by atoms with Crippen LogP contribution in [0.25, 0.3) is 0 Å². The molecule has 174 valence electrons. The van der Waals surface area contributed by atoms with Crippen molar-refractivity contribution in [3.05, 3.63) is 29.8 Å². The summed E-state index contributed by atoms with van der Waals surface area (Å²) in [4.78, 5) is 22.4. The van der Waals surface area contributed by atoms with Crippen LogP contribution in [0, 0.1) is 5.92 Å². The van der Waals surface area contributed by atoms with E-state index >= 15 is 0 Å². The fraction of sp³-hybridized carbons (Fsp3) is 0.667. The second kappa shape index (κ2) is 9.57. The summed E-state index contributed by atoms with van der Waals surface area (Å²) in [5, 5.41) is 9.36. The van der Waals surface area contributed by atoms with Crippen molar-refractivity contribution in [2.24, 2.45) is 5.92 Å². The van der Waals surface area contributed by atoms with Gasteiger partial charge in [-0.25, -0.2) is 15.0 Å². The normalized spacial score (nSPS) is 18.9. The monoisotopic (exact) mass is 440 g/mol. The van der Waals surface area contributed by atoms with Gasteiger partial charge in [0.2, 0.25) is 5.88 Å². The molecule has 8 nitrogen and oxygen atoms in total. The zero-order chi connectivity index (χ0) is 22.7. The molecule has 2 aromatic heterocycles. The highest BCUT2D eigenvalue weighted by Gasteiger charge is 2.28. The van der Waals surface area contributed by atoms with Gasteiger partial charge in [0.1, 0.15) is 11.6 Å². The number of aromatic hydroxyl groups is 1. The lowest BCUT2D eigenvalue weighted by Gasteiger charge is -2.37. The largest absolute Gasteiger partial charge is 0.479 e. The van der Waals surface area contributed by atoms with E-state index in [1.807, 2.05) is 0 Å². The first-order chi connectivity index (χ1) is 15.3. The molecule has 0 radical (unpaired) electrons.